The smallest absolute Gasteiger partial charge is 0.193 e. The molecule has 1 saturated carbocycles. The molecule has 0 spiro atoms. The van der Waals surface area contributed by atoms with Crippen molar-refractivity contribution in [1.82, 2.24) is 9.97 Å². The second-order valence-electron chi connectivity index (χ2n) is 6.65. The summed E-state index contributed by atoms with van der Waals surface area (Å²) in [5, 5.41) is 4.45. The van der Waals surface area contributed by atoms with E-state index in [0.29, 0.717) is 11.1 Å². The Morgan fingerprint density at radius 2 is 1.88 bits per heavy atom. The lowest BCUT2D eigenvalue weighted by Crippen LogP contribution is -2.16. The standard InChI is InChI=1S/C20H21N3OS/c24-19(15-8-10-21-11-9-15)16-6-7-17-18(12-16)25-20(23-17)22-13-14-4-2-1-3-5-14/h6-12,14H,1-5,13H2,(H,22,23). The van der Waals surface area contributed by atoms with Crippen molar-refractivity contribution in [3.05, 3.63) is 53.9 Å². The van der Waals surface area contributed by atoms with E-state index in [0.717, 1.165) is 27.8 Å². The Bertz CT molecular complexity index is 869. The molecule has 4 nitrogen and oxygen atoms in total. The van der Waals surface area contributed by atoms with Crippen LogP contribution in [0.3, 0.4) is 0 Å². The Kier molecular flexibility index (Phi) is 4.74. The summed E-state index contributed by atoms with van der Waals surface area (Å²) in [6.07, 6.45) is 10.0. The molecule has 0 atom stereocenters. The first-order valence-corrected chi connectivity index (χ1v) is 9.70. The van der Waals surface area contributed by atoms with Crippen LogP contribution in [-0.4, -0.2) is 22.3 Å². The lowest BCUT2D eigenvalue weighted by atomic mass is 9.89. The number of fused-ring (bicyclic) bond motifs is 1. The van der Waals surface area contributed by atoms with Gasteiger partial charge in [0.1, 0.15) is 0 Å². The van der Waals surface area contributed by atoms with Gasteiger partial charge in [-0.25, -0.2) is 4.98 Å². The van der Waals surface area contributed by atoms with Crippen molar-refractivity contribution in [2.45, 2.75) is 32.1 Å². The largest absolute Gasteiger partial charge is 0.361 e. The van der Waals surface area contributed by atoms with Crippen molar-refractivity contribution in [2.24, 2.45) is 5.92 Å². The number of rotatable bonds is 5. The van der Waals surface area contributed by atoms with E-state index in [9.17, 15) is 4.79 Å². The van der Waals surface area contributed by atoms with Gasteiger partial charge in [-0.1, -0.05) is 30.6 Å². The number of hydrogen-bond acceptors (Lipinski definition) is 5. The van der Waals surface area contributed by atoms with Crippen LogP contribution in [0.15, 0.2) is 42.7 Å². The first kappa shape index (κ1) is 16.2. The van der Waals surface area contributed by atoms with Gasteiger partial charge in [0, 0.05) is 30.1 Å². The molecular weight excluding hydrogens is 330 g/mol. The molecule has 0 unspecified atom stereocenters. The van der Waals surface area contributed by atoms with Gasteiger partial charge in [0.15, 0.2) is 10.9 Å². The summed E-state index contributed by atoms with van der Waals surface area (Å²) in [7, 11) is 0. The molecule has 5 heteroatoms. The van der Waals surface area contributed by atoms with Crippen molar-refractivity contribution in [1.29, 1.82) is 0 Å². The average Bonchev–Trinajstić information content (AvgIpc) is 3.09. The van der Waals surface area contributed by atoms with E-state index in [1.807, 2.05) is 18.2 Å². The van der Waals surface area contributed by atoms with Crippen molar-refractivity contribution in [3.63, 3.8) is 0 Å². The van der Waals surface area contributed by atoms with Crippen molar-refractivity contribution >= 4 is 32.5 Å². The third-order valence-corrected chi connectivity index (χ3v) is 5.84. The maximum atomic E-state index is 12.6. The van der Waals surface area contributed by atoms with Crippen LogP contribution >= 0.6 is 11.3 Å². The number of carbonyl (C=O) groups excluding carboxylic acids is 1. The fraction of sp³-hybridized carbons (Fsp3) is 0.350. The van der Waals surface area contributed by atoms with E-state index in [-0.39, 0.29) is 5.78 Å². The molecule has 2 heterocycles. The maximum Gasteiger partial charge on any atom is 0.193 e. The van der Waals surface area contributed by atoms with Crippen LogP contribution in [0.4, 0.5) is 5.13 Å². The molecule has 1 aromatic carbocycles. The Labute approximate surface area is 151 Å². The molecule has 1 fully saturated rings. The number of carbonyl (C=O) groups is 1. The zero-order valence-corrected chi connectivity index (χ0v) is 14.9. The summed E-state index contributed by atoms with van der Waals surface area (Å²) < 4.78 is 1.05. The van der Waals surface area contributed by atoms with Gasteiger partial charge in [-0.15, -0.1) is 0 Å². The monoisotopic (exact) mass is 351 g/mol. The molecule has 25 heavy (non-hydrogen) atoms. The van der Waals surface area contributed by atoms with Gasteiger partial charge >= 0.3 is 0 Å². The van der Waals surface area contributed by atoms with Crippen LogP contribution in [0, 0.1) is 5.92 Å². The second kappa shape index (κ2) is 7.31. The van der Waals surface area contributed by atoms with Crippen molar-refractivity contribution in [2.75, 3.05) is 11.9 Å². The molecule has 0 saturated heterocycles. The number of thiazole rings is 1. The number of anilines is 1. The molecule has 0 bridgehead atoms. The first-order chi connectivity index (χ1) is 12.3. The normalized spacial score (nSPS) is 15.4. The fourth-order valence-corrected chi connectivity index (χ4v) is 4.35. The predicted molar refractivity (Wildman–Crippen MR) is 102 cm³/mol. The summed E-state index contributed by atoms with van der Waals surface area (Å²) in [5.74, 6) is 0.791. The molecule has 3 aromatic rings. The molecular formula is C20H21N3OS. The Balaban J connectivity index is 1.50. The minimum atomic E-state index is 0.0226. The Morgan fingerprint density at radius 1 is 1.08 bits per heavy atom. The SMILES string of the molecule is O=C(c1ccncc1)c1ccc2nc(NCC3CCCCC3)sc2c1. The van der Waals surface area contributed by atoms with Crippen molar-refractivity contribution < 1.29 is 4.79 Å². The lowest BCUT2D eigenvalue weighted by Gasteiger charge is -2.21. The van der Waals surface area contributed by atoms with E-state index in [1.165, 1.54) is 32.1 Å². The summed E-state index contributed by atoms with van der Waals surface area (Å²) >= 11 is 1.63. The zero-order valence-electron chi connectivity index (χ0n) is 14.1. The molecule has 128 valence electrons. The number of aromatic nitrogens is 2. The lowest BCUT2D eigenvalue weighted by molar-refractivity contribution is 0.103. The molecule has 1 N–H and O–H groups in total. The van der Waals surface area contributed by atoms with Gasteiger partial charge in [0.2, 0.25) is 0 Å². The van der Waals surface area contributed by atoms with E-state index in [1.54, 1.807) is 35.9 Å². The second-order valence-corrected chi connectivity index (χ2v) is 7.68. The van der Waals surface area contributed by atoms with E-state index >= 15 is 0 Å². The number of benzene rings is 1. The summed E-state index contributed by atoms with van der Waals surface area (Å²) in [5.41, 5.74) is 2.30. The maximum absolute atomic E-state index is 12.6. The van der Waals surface area contributed by atoms with Crippen molar-refractivity contribution in [3.8, 4) is 0 Å². The highest BCUT2D eigenvalue weighted by Gasteiger charge is 2.15. The molecule has 1 aliphatic rings. The number of pyridine rings is 1. The minimum absolute atomic E-state index is 0.0226. The molecule has 0 amide bonds. The third-order valence-electron chi connectivity index (χ3n) is 4.86. The van der Waals surface area contributed by atoms with Crippen LogP contribution in [-0.2, 0) is 0 Å². The van der Waals surface area contributed by atoms with Gasteiger partial charge in [-0.2, -0.15) is 0 Å². The fourth-order valence-electron chi connectivity index (χ4n) is 3.43. The average molecular weight is 351 g/mol. The van der Waals surface area contributed by atoms with Crippen LogP contribution in [0.25, 0.3) is 10.2 Å². The van der Waals surface area contributed by atoms with Gasteiger partial charge in [0.05, 0.1) is 10.2 Å². The molecule has 0 radical (unpaired) electrons. The van der Waals surface area contributed by atoms with E-state index in [4.69, 9.17) is 0 Å². The molecule has 2 aromatic heterocycles. The number of hydrogen-bond donors (Lipinski definition) is 1. The quantitative estimate of drug-likeness (QED) is 0.663. The first-order valence-electron chi connectivity index (χ1n) is 8.89. The highest BCUT2D eigenvalue weighted by Crippen LogP contribution is 2.29. The van der Waals surface area contributed by atoms with Crippen LogP contribution in [0.5, 0.6) is 0 Å². The summed E-state index contributed by atoms with van der Waals surface area (Å²) in [4.78, 5) is 21.2. The number of nitrogens with one attached hydrogen (secondary N) is 1. The predicted octanol–water partition coefficient (Wildman–Crippen LogP) is 4.91. The zero-order chi connectivity index (χ0) is 17.1. The molecule has 4 rings (SSSR count). The number of ketones is 1. The number of nitrogens with zero attached hydrogens (tertiary/aromatic N) is 2. The topological polar surface area (TPSA) is 54.9 Å². The Morgan fingerprint density at radius 3 is 2.68 bits per heavy atom. The van der Waals surface area contributed by atoms with Crippen LogP contribution < -0.4 is 5.32 Å². The van der Waals surface area contributed by atoms with E-state index in [2.05, 4.69) is 15.3 Å². The van der Waals surface area contributed by atoms with Gasteiger partial charge < -0.3 is 5.32 Å². The van der Waals surface area contributed by atoms with Gasteiger partial charge in [0.25, 0.3) is 0 Å². The highest BCUT2D eigenvalue weighted by atomic mass is 32.1. The van der Waals surface area contributed by atoms with Gasteiger partial charge in [-0.05, 0) is 49.1 Å². The van der Waals surface area contributed by atoms with Crippen LogP contribution in [0.1, 0.15) is 48.0 Å². The summed E-state index contributed by atoms with van der Waals surface area (Å²) in [6, 6.07) is 9.23. The highest BCUT2D eigenvalue weighted by molar-refractivity contribution is 7.22. The van der Waals surface area contributed by atoms with E-state index < -0.39 is 0 Å². The van der Waals surface area contributed by atoms with Gasteiger partial charge in [-0.3, -0.25) is 9.78 Å². The summed E-state index contributed by atoms with van der Waals surface area (Å²) in [6.45, 7) is 1.00. The molecule has 0 aliphatic heterocycles. The Hall–Kier alpha value is -2.27. The molecule has 1 aliphatic carbocycles. The minimum Gasteiger partial charge on any atom is -0.361 e. The third kappa shape index (κ3) is 3.71. The van der Waals surface area contributed by atoms with Crippen LogP contribution in [0.2, 0.25) is 0 Å².